The highest BCUT2D eigenvalue weighted by atomic mass is 16.5. The maximum atomic E-state index is 12.4. The van der Waals surface area contributed by atoms with Gasteiger partial charge in [0.05, 0.1) is 12.3 Å². The van der Waals surface area contributed by atoms with E-state index in [4.69, 9.17) is 4.74 Å². The number of nitrogens with one attached hydrogen (secondary N) is 2. The van der Waals surface area contributed by atoms with Crippen molar-refractivity contribution in [1.82, 2.24) is 15.3 Å². The van der Waals surface area contributed by atoms with Crippen molar-refractivity contribution < 1.29 is 9.53 Å². The Hall–Kier alpha value is -3.41. The molecule has 0 spiro atoms. The molecule has 2 N–H and O–H groups in total. The van der Waals surface area contributed by atoms with E-state index in [2.05, 4.69) is 20.6 Å². The molecular weight excluding hydrogens is 340 g/mol. The van der Waals surface area contributed by atoms with Gasteiger partial charge < -0.3 is 15.4 Å². The molecule has 3 rings (SSSR count). The van der Waals surface area contributed by atoms with Crippen LogP contribution in [-0.4, -0.2) is 22.5 Å². The molecule has 6 nitrogen and oxygen atoms in total. The maximum absolute atomic E-state index is 12.4. The standard InChI is InChI=1S/C21H22N4O2/c1-3-27-19-10-5-4-9-17(19)25-20-12-18(23-14-24-20)21(26)22-13-16-8-6-7-15(2)11-16/h4-12,14H,3,13H2,1-2H3,(H,22,26)(H,23,24,25). The number of carbonyl (C=O) groups is 1. The molecule has 3 aromatic rings. The van der Waals surface area contributed by atoms with E-state index in [1.807, 2.05) is 62.4 Å². The summed E-state index contributed by atoms with van der Waals surface area (Å²) >= 11 is 0. The predicted octanol–water partition coefficient (Wildman–Crippen LogP) is 3.86. The number of nitrogens with zero attached hydrogens (tertiary/aromatic N) is 2. The summed E-state index contributed by atoms with van der Waals surface area (Å²) in [7, 11) is 0. The fourth-order valence-corrected chi connectivity index (χ4v) is 2.63. The van der Waals surface area contributed by atoms with Gasteiger partial charge in [-0.05, 0) is 31.5 Å². The van der Waals surface area contributed by atoms with Gasteiger partial charge in [-0.15, -0.1) is 0 Å². The lowest BCUT2D eigenvalue weighted by molar-refractivity contribution is 0.0946. The van der Waals surface area contributed by atoms with Crippen LogP contribution in [0.15, 0.2) is 60.9 Å². The number of hydrogen-bond donors (Lipinski definition) is 2. The molecule has 1 aromatic heterocycles. The molecule has 0 fully saturated rings. The average molecular weight is 362 g/mol. The van der Waals surface area contributed by atoms with Crippen molar-refractivity contribution >= 4 is 17.4 Å². The predicted molar refractivity (Wildman–Crippen MR) is 105 cm³/mol. The van der Waals surface area contributed by atoms with E-state index >= 15 is 0 Å². The summed E-state index contributed by atoms with van der Waals surface area (Å²) in [4.78, 5) is 20.7. The molecule has 0 atom stereocenters. The molecule has 0 aliphatic heterocycles. The first-order valence-electron chi connectivity index (χ1n) is 8.80. The monoisotopic (exact) mass is 362 g/mol. The number of rotatable bonds is 7. The zero-order chi connectivity index (χ0) is 19.1. The number of hydrogen-bond acceptors (Lipinski definition) is 5. The van der Waals surface area contributed by atoms with Crippen molar-refractivity contribution in [2.24, 2.45) is 0 Å². The third-order valence-corrected chi connectivity index (χ3v) is 3.88. The molecule has 6 heteroatoms. The molecule has 0 saturated carbocycles. The Morgan fingerprint density at radius 3 is 2.74 bits per heavy atom. The molecule has 0 radical (unpaired) electrons. The van der Waals surface area contributed by atoms with Crippen LogP contribution in [0.1, 0.15) is 28.5 Å². The summed E-state index contributed by atoms with van der Waals surface area (Å²) in [6.07, 6.45) is 1.37. The van der Waals surface area contributed by atoms with Gasteiger partial charge in [0, 0.05) is 12.6 Å². The highest BCUT2D eigenvalue weighted by Crippen LogP contribution is 2.26. The van der Waals surface area contributed by atoms with Crippen LogP contribution >= 0.6 is 0 Å². The summed E-state index contributed by atoms with van der Waals surface area (Å²) in [6, 6.07) is 17.2. The largest absolute Gasteiger partial charge is 0.492 e. The minimum absolute atomic E-state index is 0.250. The van der Waals surface area contributed by atoms with Crippen molar-refractivity contribution in [1.29, 1.82) is 0 Å². The summed E-state index contributed by atoms with van der Waals surface area (Å²) in [5.74, 6) is 1.00. The molecule has 2 aromatic carbocycles. The fourth-order valence-electron chi connectivity index (χ4n) is 2.63. The Morgan fingerprint density at radius 2 is 1.93 bits per heavy atom. The van der Waals surface area contributed by atoms with Crippen LogP contribution in [0.3, 0.4) is 0 Å². The van der Waals surface area contributed by atoms with E-state index in [1.165, 1.54) is 6.33 Å². The first-order chi connectivity index (χ1) is 13.2. The highest BCUT2D eigenvalue weighted by Gasteiger charge is 2.10. The first-order valence-corrected chi connectivity index (χ1v) is 8.80. The third kappa shape index (κ3) is 5.04. The van der Waals surface area contributed by atoms with Crippen LogP contribution in [-0.2, 0) is 6.54 Å². The molecule has 1 amide bonds. The number of para-hydroxylation sites is 2. The van der Waals surface area contributed by atoms with E-state index in [-0.39, 0.29) is 5.91 Å². The van der Waals surface area contributed by atoms with Gasteiger partial charge in [-0.2, -0.15) is 0 Å². The lowest BCUT2D eigenvalue weighted by atomic mass is 10.1. The van der Waals surface area contributed by atoms with Crippen LogP contribution in [0.4, 0.5) is 11.5 Å². The number of amides is 1. The Morgan fingerprint density at radius 1 is 1.07 bits per heavy atom. The first kappa shape index (κ1) is 18.4. The highest BCUT2D eigenvalue weighted by molar-refractivity contribution is 5.93. The lowest BCUT2D eigenvalue weighted by Crippen LogP contribution is -2.24. The summed E-state index contributed by atoms with van der Waals surface area (Å²) in [5, 5.41) is 6.06. The summed E-state index contributed by atoms with van der Waals surface area (Å²) in [6.45, 7) is 4.96. The third-order valence-electron chi connectivity index (χ3n) is 3.88. The quantitative estimate of drug-likeness (QED) is 0.667. The average Bonchev–Trinajstić information content (AvgIpc) is 2.68. The lowest BCUT2D eigenvalue weighted by Gasteiger charge is -2.12. The van der Waals surface area contributed by atoms with Crippen molar-refractivity contribution in [3.8, 4) is 5.75 Å². The Bertz CT molecular complexity index is 927. The summed E-state index contributed by atoms with van der Waals surface area (Å²) in [5.41, 5.74) is 3.28. The van der Waals surface area contributed by atoms with E-state index < -0.39 is 0 Å². The molecule has 0 bridgehead atoms. The van der Waals surface area contributed by atoms with Crippen LogP contribution in [0.5, 0.6) is 5.75 Å². The SMILES string of the molecule is CCOc1ccccc1Nc1cc(C(=O)NCc2cccc(C)c2)ncn1. The molecule has 0 aliphatic rings. The van der Waals surface area contributed by atoms with Crippen molar-refractivity contribution in [2.45, 2.75) is 20.4 Å². The second kappa shape index (κ2) is 8.80. The van der Waals surface area contributed by atoms with E-state index in [0.29, 0.717) is 24.7 Å². The zero-order valence-electron chi connectivity index (χ0n) is 15.4. The van der Waals surface area contributed by atoms with E-state index in [0.717, 1.165) is 22.6 Å². The van der Waals surface area contributed by atoms with Gasteiger partial charge in [0.2, 0.25) is 0 Å². The van der Waals surface area contributed by atoms with E-state index in [1.54, 1.807) is 6.07 Å². The fraction of sp³-hybridized carbons (Fsp3) is 0.190. The van der Waals surface area contributed by atoms with Gasteiger partial charge in [-0.1, -0.05) is 42.0 Å². The number of aryl methyl sites for hydroxylation is 1. The second-order valence-electron chi connectivity index (χ2n) is 6.01. The summed E-state index contributed by atoms with van der Waals surface area (Å²) < 4.78 is 5.60. The molecule has 138 valence electrons. The van der Waals surface area contributed by atoms with Gasteiger partial charge in [-0.3, -0.25) is 4.79 Å². The van der Waals surface area contributed by atoms with Gasteiger partial charge >= 0.3 is 0 Å². The van der Waals surface area contributed by atoms with Gasteiger partial charge in [0.15, 0.2) is 0 Å². The number of benzene rings is 2. The topological polar surface area (TPSA) is 76.1 Å². The van der Waals surface area contributed by atoms with Crippen molar-refractivity contribution in [3.63, 3.8) is 0 Å². The smallest absolute Gasteiger partial charge is 0.270 e. The number of anilines is 2. The minimum Gasteiger partial charge on any atom is -0.492 e. The van der Waals surface area contributed by atoms with E-state index in [9.17, 15) is 4.79 Å². The van der Waals surface area contributed by atoms with Crippen LogP contribution in [0, 0.1) is 6.92 Å². The molecule has 0 unspecified atom stereocenters. The molecule has 27 heavy (non-hydrogen) atoms. The van der Waals surface area contributed by atoms with Crippen LogP contribution in [0.2, 0.25) is 0 Å². The second-order valence-corrected chi connectivity index (χ2v) is 6.01. The van der Waals surface area contributed by atoms with Crippen LogP contribution < -0.4 is 15.4 Å². The number of aromatic nitrogens is 2. The normalized spacial score (nSPS) is 10.3. The number of carbonyl (C=O) groups excluding carboxylic acids is 1. The maximum Gasteiger partial charge on any atom is 0.270 e. The molecule has 1 heterocycles. The van der Waals surface area contributed by atoms with Crippen LogP contribution in [0.25, 0.3) is 0 Å². The van der Waals surface area contributed by atoms with Crippen molar-refractivity contribution in [3.05, 3.63) is 77.7 Å². The Kier molecular flexibility index (Phi) is 5.99. The van der Waals surface area contributed by atoms with Crippen molar-refractivity contribution in [2.75, 3.05) is 11.9 Å². The number of ether oxygens (including phenoxy) is 1. The van der Waals surface area contributed by atoms with Gasteiger partial charge in [-0.25, -0.2) is 9.97 Å². The Balaban J connectivity index is 1.69. The zero-order valence-corrected chi connectivity index (χ0v) is 15.4. The molecule has 0 aliphatic carbocycles. The Labute approximate surface area is 158 Å². The molecular formula is C21H22N4O2. The van der Waals surface area contributed by atoms with Gasteiger partial charge in [0.1, 0.15) is 23.6 Å². The van der Waals surface area contributed by atoms with Gasteiger partial charge in [0.25, 0.3) is 5.91 Å². The minimum atomic E-state index is -0.250. The molecule has 0 saturated heterocycles.